The van der Waals surface area contributed by atoms with Gasteiger partial charge in [0.25, 0.3) is 0 Å². The number of nitrogens with one attached hydrogen (secondary N) is 2. The van der Waals surface area contributed by atoms with Crippen molar-refractivity contribution >= 4 is 36.9 Å². The minimum atomic E-state index is -4.74. The Bertz CT molecular complexity index is 1750. The summed E-state index contributed by atoms with van der Waals surface area (Å²) >= 11 is 0. The number of nitrogens with two attached hydrogens (primary N) is 1. The van der Waals surface area contributed by atoms with Crippen molar-refractivity contribution in [1.82, 2.24) is 5.32 Å². The lowest BCUT2D eigenvalue weighted by molar-refractivity contribution is -0.200. The fourth-order valence-corrected chi connectivity index (χ4v) is 10.6. The zero-order valence-corrected chi connectivity index (χ0v) is 32.5. The number of aliphatic hydroxyl groups is 1. The highest BCUT2D eigenvalue weighted by Gasteiger charge is 2.75. The van der Waals surface area contributed by atoms with Crippen LogP contribution in [0, 0.1) is 34.5 Å². The van der Waals surface area contributed by atoms with E-state index in [4.69, 9.17) is 24.3 Å². The van der Waals surface area contributed by atoms with Gasteiger partial charge >= 0.3 is 7.82 Å². The average Bonchev–Trinajstić information content (AvgIpc) is 3.60. The summed E-state index contributed by atoms with van der Waals surface area (Å²) in [7, 11) is -4.74. The van der Waals surface area contributed by atoms with Gasteiger partial charge in [0.1, 0.15) is 6.61 Å². The fraction of sp³-hybridized carbons (Fsp3) is 0.641. The number of phosphoric acid groups is 1. The Morgan fingerprint density at radius 1 is 1.15 bits per heavy atom. The number of fused-ring (bicyclic) bond motifs is 7. The number of allylic oxidation sites excluding steroid dienone is 4. The molecule has 1 heterocycles. The quantitative estimate of drug-likeness (QED) is 0.169. The summed E-state index contributed by atoms with van der Waals surface area (Å²) in [5.74, 6) is -1.73. The molecule has 2 unspecified atom stereocenters. The van der Waals surface area contributed by atoms with Crippen molar-refractivity contribution in [3.63, 3.8) is 0 Å². The van der Waals surface area contributed by atoms with E-state index in [9.17, 15) is 33.7 Å². The van der Waals surface area contributed by atoms with Crippen LogP contribution in [0.2, 0.25) is 0 Å². The largest absolute Gasteiger partial charge is 0.472 e. The van der Waals surface area contributed by atoms with Gasteiger partial charge in [-0.1, -0.05) is 64.8 Å². The number of phosphoric ester groups is 1. The molecule has 11 atom stereocenters. The first-order valence-electron chi connectivity index (χ1n) is 19.0. The van der Waals surface area contributed by atoms with Crippen LogP contribution >= 0.6 is 7.82 Å². The Hall–Kier alpha value is -3.07. The number of aliphatic hydroxyl groups excluding tert-OH is 1. The number of amides is 2. The van der Waals surface area contributed by atoms with Crippen LogP contribution in [0.25, 0.3) is 0 Å². The summed E-state index contributed by atoms with van der Waals surface area (Å²) in [5.41, 5.74) is 4.89. The summed E-state index contributed by atoms with van der Waals surface area (Å²) in [6.07, 6.45) is 6.67. The molecule has 2 amide bonds. The SMILES string of the molecule is CCCC1O[C@@H]2C[C@H]3[C@@H]4CCC5=CC(=O)C=C[C@]5(C)[C@H]4[C@@H](O)C[C@]3(C)[C@]2(C(=O)COP(=O)(O)OCc2ccc(NC(=O)CNC(=O)[C@@H](N)C(C)C)cc2)O1. The summed E-state index contributed by atoms with van der Waals surface area (Å²) < 4.78 is 36.7. The molecule has 1 aromatic carbocycles. The fourth-order valence-electron chi connectivity index (χ4n) is 9.92. The number of rotatable bonds is 14. The molecular formula is C39H54N3O11P. The van der Waals surface area contributed by atoms with Crippen LogP contribution in [0.1, 0.15) is 78.7 Å². The molecule has 0 spiro atoms. The molecular weight excluding hydrogens is 717 g/mol. The predicted molar refractivity (Wildman–Crippen MR) is 197 cm³/mol. The number of hydrogen-bond donors (Lipinski definition) is 5. The van der Waals surface area contributed by atoms with Crippen LogP contribution in [0.15, 0.2) is 48.1 Å². The molecule has 0 aromatic heterocycles. The van der Waals surface area contributed by atoms with Gasteiger partial charge in [-0.25, -0.2) is 4.57 Å². The first kappa shape index (κ1) is 40.6. The zero-order valence-electron chi connectivity index (χ0n) is 31.6. The monoisotopic (exact) mass is 771 g/mol. The summed E-state index contributed by atoms with van der Waals surface area (Å²) in [6, 6.07) is 5.59. The molecule has 1 aliphatic heterocycles. The van der Waals surface area contributed by atoms with Crippen molar-refractivity contribution in [1.29, 1.82) is 0 Å². The van der Waals surface area contributed by atoms with Crippen molar-refractivity contribution in [3.8, 4) is 0 Å². The van der Waals surface area contributed by atoms with Crippen molar-refractivity contribution < 1.29 is 52.3 Å². The number of ketones is 2. The molecule has 6 rings (SSSR count). The third-order valence-corrected chi connectivity index (χ3v) is 13.6. The van der Waals surface area contributed by atoms with Gasteiger partial charge in [0.2, 0.25) is 11.8 Å². The van der Waals surface area contributed by atoms with Gasteiger partial charge in [-0.3, -0.25) is 28.2 Å². The van der Waals surface area contributed by atoms with E-state index >= 15 is 0 Å². The van der Waals surface area contributed by atoms with E-state index in [0.717, 1.165) is 18.4 Å². The lowest BCUT2D eigenvalue weighted by Gasteiger charge is -2.59. The molecule has 1 aromatic rings. The molecule has 4 aliphatic carbocycles. The van der Waals surface area contributed by atoms with Crippen molar-refractivity contribution in [3.05, 3.63) is 53.6 Å². The normalized spacial score (nSPS) is 35.6. The van der Waals surface area contributed by atoms with Crippen LogP contribution in [-0.4, -0.2) is 76.7 Å². The third-order valence-electron chi connectivity index (χ3n) is 12.7. The number of benzene rings is 1. The van der Waals surface area contributed by atoms with Gasteiger partial charge in [0, 0.05) is 22.4 Å². The molecule has 6 N–H and O–H groups in total. The standard InChI is InChI=1S/C39H54N3O11P/c1-6-7-33-52-31-17-28-27-13-10-24-16-26(43)14-15-37(24,4)34(27)29(44)18-38(28,5)39(31,53-33)30(45)21-51-54(48,49)50-20-23-8-11-25(12-9-23)42-32(46)19-41-36(47)35(40)22(2)3/h8-9,11-12,14-16,22,27-29,31,33-35,44H,6-7,10,13,17-21,40H2,1-5H3,(H,41,47)(H,42,46)(H,48,49)/t27-,28-,29-,31+,33?,34+,35-,37-,38-,39+/m0/s1. The molecule has 14 nitrogen and oxygen atoms in total. The molecule has 3 saturated carbocycles. The first-order valence-corrected chi connectivity index (χ1v) is 20.5. The van der Waals surface area contributed by atoms with Crippen LogP contribution in [0.3, 0.4) is 0 Å². The van der Waals surface area contributed by atoms with E-state index in [2.05, 4.69) is 17.6 Å². The molecule has 15 heteroatoms. The number of carbonyl (C=O) groups is 4. The van der Waals surface area contributed by atoms with Crippen LogP contribution in [0.4, 0.5) is 5.69 Å². The minimum absolute atomic E-state index is 0.0215. The Labute approximate surface area is 316 Å². The van der Waals surface area contributed by atoms with E-state index in [1.54, 1.807) is 50.3 Å². The molecule has 296 valence electrons. The zero-order chi connectivity index (χ0) is 39.2. The highest BCUT2D eigenvalue weighted by atomic mass is 31.2. The van der Waals surface area contributed by atoms with Gasteiger partial charge < -0.3 is 35.8 Å². The van der Waals surface area contributed by atoms with Gasteiger partial charge in [0.05, 0.1) is 31.4 Å². The highest BCUT2D eigenvalue weighted by Crippen LogP contribution is 2.70. The van der Waals surface area contributed by atoms with E-state index in [1.165, 1.54) is 0 Å². The summed E-state index contributed by atoms with van der Waals surface area (Å²) in [6.45, 7) is 8.31. The summed E-state index contributed by atoms with van der Waals surface area (Å²) in [5, 5.41) is 17.1. The van der Waals surface area contributed by atoms with Crippen LogP contribution < -0.4 is 16.4 Å². The highest BCUT2D eigenvalue weighted by molar-refractivity contribution is 7.47. The lowest BCUT2D eigenvalue weighted by atomic mass is 9.46. The Kier molecular flexibility index (Phi) is 11.6. The number of anilines is 1. The Morgan fingerprint density at radius 3 is 2.56 bits per heavy atom. The first-order chi connectivity index (χ1) is 25.4. The van der Waals surface area contributed by atoms with Gasteiger partial charge in [-0.15, -0.1) is 0 Å². The Morgan fingerprint density at radius 2 is 1.87 bits per heavy atom. The lowest BCUT2D eigenvalue weighted by Crippen LogP contribution is -2.63. The summed E-state index contributed by atoms with van der Waals surface area (Å²) in [4.78, 5) is 61.6. The molecule has 5 aliphatic rings. The van der Waals surface area contributed by atoms with Gasteiger partial charge in [0.15, 0.2) is 23.5 Å². The molecule has 54 heavy (non-hydrogen) atoms. The topological polar surface area (TPSA) is 213 Å². The molecule has 1 saturated heterocycles. The van der Waals surface area contributed by atoms with E-state index < -0.39 is 73.0 Å². The maximum absolute atomic E-state index is 14.4. The number of ether oxygens (including phenoxy) is 2. The second kappa shape index (κ2) is 15.5. The average molecular weight is 772 g/mol. The minimum Gasteiger partial charge on any atom is -0.393 e. The van der Waals surface area contributed by atoms with Gasteiger partial charge in [-0.2, -0.15) is 0 Å². The van der Waals surface area contributed by atoms with E-state index in [-0.39, 0.29) is 49.0 Å². The van der Waals surface area contributed by atoms with Gasteiger partial charge in [-0.05, 0) is 79.7 Å². The Balaban J connectivity index is 1.09. The smallest absolute Gasteiger partial charge is 0.393 e. The predicted octanol–water partition coefficient (Wildman–Crippen LogP) is 4.10. The van der Waals surface area contributed by atoms with Crippen LogP contribution in [-0.2, 0) is 48.9 Å². The second-order valence-corrected chi connectivity index (χ2v) is 17.8. The van der Waals surface area contributed by atoms with Crippen molar-refractivity contribution in [2.45, 2.75) is 110 Å². The maximum atomic E-state index is 14.4. The van der Waals surface area contributed by atoms with E-state index in [1.807, 2.05) is 19.9 Å². The van der Waals surface area contributed by atoms with Crippen molar-refractivity contribution in [2.75, 3.05) is 18.5 Å². The number of carbonyl (C=O) groups excluding carboxylic acids is 4. The van der Waals surface area contributed by atoms with Crippen molar-refractivity contribution in [2.24, 2.45) is 40.2 Å². The maximum Gasteiger partial charge on any atom is 0.472 e. The number of hydrogen-bond acceptors (Lipinski definition) is 11. The second-order valence-electron chi connectivity index (χ2n) is 16.3. The molecule has 0 bridgehead atoms. The molecule has 4 fully saturated rings. The number of Topliss-reactive ketones (excluding diaryl/α,β-unsaturated/α-hetero) is 1. The van der Waals surface area contributed by atoms with E-state index in [0.29, 0.717) is 30.5 Å². The third kappa shape index (κ3) is 7.44. The van der Waals surface area contributed by atoms with Crippen LogP contribution in [0.5, 0.6) is 0 Å². The molecule has 0 radical (unpaired) electrons.